The third-order valence-electron chi connectivity index (χ3n) is 5.85. The van der Waals surface area contributed by atoms with Crippen molar-refractivity contribution in [1.82, 2.24) is 10.6 Å². The Morgan fingerprint density at radius 3 is 2.35 bits per heavy atom. The fourth-order valence-corrected chi connectivity index (χ4v) is 3.86. The third kappa shape index (κ3) is 4.84. The van der Waals surface area contributed by atoms with Crippen LogP contribution in [0.3, 0.4) is 0 Å². The topological polar surface area (TPSA) is 70.2 Å². The molecular weight excluding hydrogens is 386 g/mol. The van der Waals surface area contributed by atoms with Crippen molar-refractivity contribution >= 4 is 17.5 Å². The van der Waals surface area contributed by atoms with Gasteiger partial charge in [-0.05, 0) is 60.2 Å². The van der Waals surface area contributed by atoms with E-state index in [1.165, 1.54) is 5.56 Å². The van der Waals surface area contributed by atoms with Gasteiger partial charge in [-0.15, -0.1) is 0 Å². The van der Waals surface area contributed by atoms with E-state index in [2.05, 4.69) is 28.1 Å². The number of carbonyl (C=O) groups is 2. The number of fused-ring (bicyclic) bond motifs is 1. The minimum Gasteiger partial charge on any atom is -0.339 e. The molecule has 4 rings (SSSR count). The zero-order valence-corrected chi connectivity index (χ0v) is 17.8. The number of amides is 2. The standard InChI is InChI=1S/C26H27N3O2/c1-17-12-13-22(14-18(17)2)28-26(31)24(19-8-4-3-5-9-19)29-25(30)23-15-20-10-6-7-11-21(20)16-27-23/h3-14,23-24,27H,15-16H2,1-2H3,(H,28,31)(H,29,30)/t23-,24+/m0/s1. The molecule has 2 atom stereocenters. The summed E-state index contributed by atoms with van der Waals surface area (Å²) in [6, 6.07) is 22.1. The fourth-order valence-electron chi connectivity index (χ4n) is 3.86. The van der Waals surface area contributed by atoms with E-state index in [-0.39, 0.29) is 17.9 Å². The largest absolute Gasteiger partial charge is 0.339 e. The van der Waals surface area contributed by atoms with Crippen LogP contribution in [0.5, 0.6) is 0 Å². The molecule has 5 nitrogen and oxygen atoms in total. The highest BCUT2D eigenvalue weighted by Crippen LogP contribution is 2.20. The summed E-state index contributed by atoms with van der Waals surface area (Å²) in [4.78, 5) is 26.3. The third-order valence-corrected chi connectivity index (χ3v) is 5.85. The highest BCUT2D eigenvalue weighted by atomic mass is 16.2. The number of hydrogen-bond donors (Lipinski definition) is 3. The maximum atomic E-state index is 13.2. The monoisotopic (exact) mass is 413 g/mol. The van der Waals surface area contributed by atoms with Crippen molar-refractivity contribution in [2.75, 3.05) is 5.32 Å². The van der Waals surface area contributed by atoms with Crippen LogP contribution in [0.25, 0.3) is 0 Å². The predicted molar refractivity (Wildman–Crippen MR) is 123 cm³/mol. The van der Waals surface area contributed by atoms with Gasteiger partial charge in [-0.3, -0.25) is 9.59 Å². The van der Waals surface area contributed by atoms with Gasteiger partial charge >= 0.3 is 0 Å². The molecule has 0 fully saturated rings. The normalized spacial score (nSPS) is 16.1. The van der Waals surface area contributed by atoms with Crippen molar-refractivity contribution in [2.45, 2.75) is 38.9 Å². The van der Waals surface area contributed by atoms with Gasteiger partial charge in [0.1, 0.15) is 6.04 Å². The van der Waals surface area contributed by atoms with Crippen LogP contribution >= 0.6 is 0 Å². The molecule has 3 N–H and O–H groups in total. The average molecular weight is 414 g/mol. The molecule has 1 aliphatic heterocycles. The summed E-state index contributed by atoms with van der Waals surface area (Å²) in [6.45, 7) is 4.68. The van der Waals surface area contributed by atoms with Crippen LogP contribution in [0, 0.1) is 13.8 Å². The van der Waals surface area contributed by atoms with E-state index in [1.54, 1.807) is 0 Å². The van der Waals surface area contributed by atoms with E-state index in [9.17, 15) is 9.59 Å². The molecule has 0 spiro atoms. The van der Waals surface area contributed by atoms with Crippen LogP contribution in [0.1, 0.15) is 33.9 Å². The van der Waals surface area contributed by atoms with Crippen LogP contribution in [0.15, 0.2) is 72.8 Å². The second-order valence-corrected chi connectivity index (χ2v) is 8.05. The van der Waals surface area contributed by atoms with Crippen LogP contribution in [-0.4, -0.2) is 17.9 Å². The molecule has 0 unspecified atom stereocenters. The quantitative estimate of drug-likeness (QED) is 0.596. The van der Waals surface area contributed by atoms with Gasteiger partial charge in [-0.25, -0.2) is 0 Å². The van der Waals surface area contributed by atoms with Crippen molar-refractivity contribution in [3.8, 4) is 0 Å². The Balaban J connectivity index is 1.52. The van der Waals surface area contributed by atoms with Gasteiger partial charge in [0.25, 0.3) is 5.91 Å². The first-order valence-electron chi connectivity index (χ1n) is 10.5. The number of rotatable bonds is 5. The first-order chi connectivity index (χ1) is 15.0. The van der Waals surface area contributed by atoms with E-state index in [4.69, 9.17) is 0 Å². The molecule has 0 bridgehead atoms. The second-order valence-electron chi connectivity index (χ2n) is 8.05. The molecule has 3 aromatic carbocycles. The Labute approximate surface area is 182 Å². The fraction of sp³-hybridized carbons (Fsp3) is 0.231. The van der Waals surface area contributed by atoms with Gasteiger partial charge in [0.2, 0.25) is 5.91 Å². The molecule has 1 aliphatic rings. The van der Waals surface area contributed by atoms with Gasteiger partial charge in [0.15, 0.2) is 0 Å². The Bertz CT molecular complexity index is 1090. The van der Waals surface area contributed by atoms with Crippen molar-refractivity contribution in [1.29, 1.82) is 0 Å². The molecule has 0 saturated carbocycles. The molecule has 31 heavy (non-hydrogen) atoms. The maximum absolute atomic E-state index is 13.2. The number of aryl methyl sites for hydroxylation is 2. The lowest BCUT2D eigenvalue weighted by atomic mass is 9.95. The number of carbonyl (C=O) groups excluding carboxylic acids is 2. The van der Waals surface area contributed by atoms with Crippen molar-refractivity contribution in [2.24, 2.45) is 0 Å². The van der Waals surface area contributed by atoms with Gasteiger partial charge in [-0.1, -0.05) is 60.7 Å². The van der Waals surface area contributed by atoms with Gasteiger partial charge < -0.3 is 16.0 Å². The summed E-state index contributed by atoms with van der Waals surface area (Å²) in [7, 11) is 0. The lowest BCUT2D eigenvalue weighted by Crippen LogP contribution is -2.50. The molecule has 158 valence electrons. The van der Waals surface area contributed by atoms with E-state index in [0.29, 0.717) is 18.7 Å². The Morgan fingerprint density at radius 1 is 0.903 bits per heavy atom. The van der Waals surface area contributed by atoms with Gasteiger partial charge in [0.05, 0.1) is 6.04 Å². The van der Waals surface area contributed by atoms with E-state index >= 15 is 0 Å². The zero-order valence-electron chi connectivity index (χ0n) is 17.8. The van der Waals surface area contributed by atoms with Crippen LogP contribution in [0.4, 0.5) is 5.69 Å². The number of benzene rings is 3. The Hall–Kier alpha value is -3.44. The molecule has 2 amide bonds. The van der Waals surface area contributed by atoms with Crippen molar-refractivity contribution < 1.29 is 9.59 Å². The summed E-state index contributed by atoms with van der Waals surface area (Å²) < 4.78 is 0. The van der Waals surface area contributed by atoms with Crippen molar-refractivity contribution in [3.05, 3.63) is 101 Å². The molecule has 0 radical (unpaired) electrons. The Kier molecular flexibility index (Phi) is 6.14. The predicted octanol–water partition coefficient (Wildman–Crippen LogP) is 3.81. The summed E-state index contributed by atoms with van der Waals surface area (Å²) in [5.41, 5.74) is 6.09. The Morgan fingerprint density at radius 2 is 1.61 bits per heavy atom. The highest BCUT2D eigenvalue weighted by molar-refractivity contribution is 5.98. The van der Waals surface area contributed by atoms with Crippen LogP contribution in [-0.2, 0) is 22.6 Å². The average Bonchev–Trinajstić information content (AvgIpc) is 2.80. The molecule has 0 aromatic heterocycles. The van der Waals surface area contributed by atoms with E-state index in [0.717, 1.165) is 22.3 Å². The van der Waals surface area contributed by atoms with E-state index < -0.39 is 6.04 Å². The molecule has 1 heterocycles. The van der Waals surface area contributed by atoms with E-state index in [1.807, 2.05) is 74.5 Å². The summed E-state index contributed by atoms with van der Waals surface area (Å²) in [5.74, 6) is -0.447. The number of nitrogens with one attached hydrogen (secondary N) is 3. The lowest BCUT2D eigenvalue weighted by Gasteiger charge is -2.27. The zero-order chi connectivity index (χ0) is 21.8. The van der Waals surface area contributed by atoms with Crippen molar-refractivity contribution in [3.63, 3.8) is 0 Å². The highest BCUT2D eigenvalue weighted by Gasteiger charge is 2.29. The summed E-state index contributed by atoms with van der Waals surface area (Å²) in [6.07, 6.45) is 0.599. The number of hydrogen-bond acceptors (Lipinski definition) is 3. The second kappa shape index (κ2) is 9.14. The van der Waals surface area contributed by atoms with Gasteiger partial charge in [-0.2, -0.15) is 0 Å². The van der Waals surface area contributed by atoms with Crippen LogP contribution in [0.2, 0.25) is 0 Å². The molecule has 0 aliphatic carbocycles. The molecule has 3 aromatic rings. The smallest absolute Gasteiger partial charge is 0.251 e. The molecule has 5 heteroatoms. The first-order valence-corrected chi connectivity index (χ1v) is 10.5. The molecular formula is C26H27N3O2. The lowest BCUT2D eigenvalue weighted by molar-refractivity contribution is -0.128. The van der Waals surface area contributed by atoms with Gasteiger partial charge in [0, 0.05) is 12.2 Å². The summed E-state index contributed by atoms with van der Waals surface area (Å²) >= 11 is 0. The minimum atomic E-state index is -0.783. The molecule has 0 saturated heterocycles. The SMILES string of the molecule is Cc1ccc(NC(=O)[C@H](NC(=O)[C@@H]2Cc3ccccc3CN2)c2ccccc2)cc1C. The van der Waals surface area contributed by atoms with Crippen LogP contribution < -0.4 is 16.0 Å². The maximum Gasteiger partial charge on any atom is 0.251 e. The summed E-state index contributed by atoms with van der Waals surface area (Å²) in [5, 5.41) is 9.22. The minimum absolute atomic E-state index is 0.182. The number of anilines is 1. The first kappa shape index (κ1) is 20.8.